The van der Waals surface area contributed by atoms with Crippen LogP contribution in [0.3, 0.4) is 0 Å². The summed E-state index contributed by atoms with van der Waals surface area (Å²) in [5, 5.41) is 11.0. The van der Waals surface area contributed by atoms with Crippen LogP contribution in [-0.2, 0) is 88.9 Å². The first-order valence-corrected chi connectivity index (χ1v) is 23.9. The predicted octanol–water partition coefficient (Wildman–Crippen LogP) is 2.33. The van der Waals surface area contributed by atoms with Gasteiger partial charge in [0.1, 0.15) is 41.6 Å². The van der Waals surface area contributed by atoms with E-state index in [-0.39, 0.29) is 81.8 Å². The molecule has 1 heterocycles. The Bertz CT molecular complexity index is 2320. The van der Waals surface area contributed by atoms with Crippen LogP contribution >= 0.6 is 0 Å². The Labute approximate surface area is 416 Å². The maximum absolute atomic E-state index is 13.9. The van der Waals surface area contributed by atoms with E-state index in [1.54, 1.807) is 20.8 Å². The molecule has 0 bridgehead atoms. The molecule has 0 aromatic heterocycles. The van der Waals surface area contributed by atoms with Gasteiger partial charge in [-0.3, -0.25) is 28.8 Å². The topological polar surface area (TPSA) is 340 Å². The highest BCUT2D eigenvalue weighted by Gasteiger charge is 2.53. The fourth-order valence-electron chi connectivity index (χ4n) is 6.51. The number of hydrogen-bond acceptors (Lipinski definition) is 21. The van der Waals surface area contributed by atoms with Crippen LogP contribution in [0.4, 0.5) is 4.79 Å². The average Bonchev–Trinajstić information content (AvgIpc) is 3.28. The van der Waals surface area contributed by atoms with Gasteiger partial charge in [-0.1, -0.05) is 23.3 Å². The number of carbonyl (C=O) groups is 7. The quantitative estimate of drug-likeness (QED) is 0.0209. The maximum atomic E-state index is 13.9. The minimum absolute atomic E-state index is 0.00105. The third kappa shape index (κ3) is 22.1. The largest absolute Gasteiger partial charge is 0.463 e. The highest BCUT2D eigenvalue weighted by atomic mass is 32.2. The molecule has 0 unspecified atom stereocenters. The molecule has 1 saturated heterocycles. The molecule has 0 aliphatic carbocycles. The molecule has 0 spiro atoms. The fourth-order valence-corrected chi connectivity index (χ4v) is 7.56. The number of esters is 4. The zero-order valence-corrected chi connectivity index (χ0v) is 42.0. The lowest BCUT2D eigenvalue weighted by Gasteiger charge is -2.44. The highest BCUT2D eigenvalue weighted by molar-refractivity contribution is 7.86. The van der Waals surface area contributed by atoms with Gasteiger partial charge < -0.3 is 67.5 Å². The van der Waals surface area contributed by atoms with Crippen molar-refractivity contribution in [1.82, 2.24) is 16.0 Å². The molecule has 2 aromatic rings. The number of benzene rings is 2. The highest BCUT2D eigenvalue weighted by Crippen LogP contribution is 2.33. The first kappa shape index (κ1) is 59.5. The lowest BCUT2D eigenvalue weighted by molar-refractivity contribution is -0.288. The van der Waals surface area contributed by atoms with Gasteiger partial charge in [0.05, 0.1) is 45.2 Å². The van der Waals surface area contributed by atoms with Gasteiger partial charge in [-0.25, -0.2) is 4.79 Å². The number of nitrogens with zero attached hydrogens (tertiary/aromatic N) is 3. The second-order valence-electron chi connectivity index (χ2n) is 16.5. The molecule has 1 aliphatic rings. The zero-order chi connectivity index (χ0) is 53.4. The molecule has 6 atom stereocenters. The van der Waals surface area contributed by atoms with Crippen molar-refractivity contribution < 1.29 is 93.5 Å². The zero-order valence-electron chi connectivity index (χ0n) is 41.2. The molecule has 0 radical (unpaired) electrons. The van der Waals surface area contributed by atoms with Gasteiger partial charge >= 0.3 is 40.1 Å². The van der Waals surface area contributed by atoms with Crippen molar-refractivity contribution in [2.75, 3.05) is 66.4 Å². The molecular formula is C45H62N6O20S. The number of nitrogens with one attached hydrogen (secondary N) is 3. The Morgan fingerprint density at radius 2 is 1.36 bits per heavy atom. The number of likely N-dealkylation sites (N-methyl/N-ethyl adjacent to an activating group) is 1. The molecule has 1 fully saturated rings. The van der Waals surface area contributed by atoms with E-state index in [0.29, 0.717) is 5.56 Å². The molecule has 1 aliphatic heterocycles. The van der Waals surface area contributed by atoms with E-state index in [1.807, 2.05) is 0 Å². The van der Waals surface area contributed by atoms with Crippen LogP contribution in [0.1, 0.15) is 70.0 Å². The second-order valence-corrected chi connectivity index (χ2v) is 18.1. The number of azide groups is 1. The van der Waals surface area contributed by atoms with Crippen molar-refractivity contribution >= 4 is 51.9 Å². The minimum atomic E-state index is -4.46. The third-order valence-electron chi connectivity index (χ3n) is 9.34. The second kappa shape index (κ2) is 29.5. The summed E-state index contributed by atoms with van der Waals surface area (Å²) in [6.45, 7) is 9.89. The summed E-state index contributed by atoms with van der Waals surface area (Å²) in [6, 6.07) is 8.40. The van der Waals surface area contributed by atoms with E-state index >= 15 is 0 Å². The maximum Gasteiger partial charge on any atom is 0.408 e. The first-order valence-electron chi connectivity index (χ1n) is 22.3. The summed E-state index contributed by atoms with van der Waals surface area (Å²) < 4.78 is 87.7. The van der Waals surface area contributed by atoms with Crippen molar-refractivity contribution in [3.05, 3.63) is 69.6 Å². The van der Waals surface area contributed by atoms with Crippen LogP contribution in [-0.4, -0.2) is 159 Å². The van der Waals surface area contributed by atoms with Crippen LogP contribution in [0.15, 0.2) is 47.6 Å². The van der Waals surface area contributed by atoms with Crippen molar-refractivity contribution in [3.63, 3.8) is 0 Å². The Morgan fingerprint density at radius 3 is 1.94 bits per heavy atom. The van der Waals surface area contributed by atoms with E-state index in [9.17, 15) is 42.0 Å². The van der Waals surface area contributed by atoms with E-state index in [0.717, 1.165) is 27.7 Å². The summed E-state index contributed by atoms with van der Waals surface area (Å²) in [4.78, 5) is 90.5. The van der Waals surface area contributed by atoms with Crippen molar-refractivity contribution in [3.8, 4) is 11.5 Å². The van der Waals surface area contributed by atoms with Crippen LogP contribution in [0.25, 0.3) is 10.4 Å². The molecule has 3 N–H and O–H groups in total. The Morgan fingerprint density at radius 1 is 0.778 bits per heavy atom. The smallest absolute Gasteiger partial charge is 0.408 e. The van der Waals surface area contributed by atoms with Gasteiger partial charge in [0.2, 0.25) is 18.3 Å². The minimum Gasteiger partial charge on any atom is -0.463 e. The molecule has 398 valence electrons. The molecule has 3 amide bonds. The number of alkyl carbamates (subject to hydrolysis) is 1. The van der Waals surface area contributed by atoms with Crippen molar-refractivity contribution in [2.24, 2.45) is 5.11 Å². The van der Waals surface area contributed by atoms with Gasteiger partial charge in [0.25, 0.3) is 5.91 Å². The average molecular weight is 1040 g/mol. The summed E-state index contributed by atoms with van der Waals surface area (Å²) in [5.41, 5.74) is 7.79. The molecule has 26 nitrogen and oxygen atoms in total. The Kier molecular flexibility index (Phi) is 24.4. The lowest BCUT2D eigenvalue weighted by Crippen LogP contribution is -2.63. The normalized spacial score (nSPS) is 17.9. The third-order valence-corrected chi connectivity index (χ3v) is 10.5. The van der Waals surface area contributed by atoms with E-state index in [1.165, 1.54) is 49.5 Å². The standard InChI is InChI=1S/C45H62N6O20S/c1-27(52)64-25-37-38(65-28(2)53)39(66-29(3)54)40(67-30(4)55)43(69-37)68-36-14-11-32(23-34(36)41(56)48-15-17-61-19-21-63-22-20-62-18-16-49-51-46)26-72(59,60)71-33-12-9-31(10-13-33)24-35(42(57)47-8)50-44(58)70-45(5,6)7/h9-14,23,35,37-40,43H,15-22,24-26H2,1-8H3,(H,47,57)(H,48,56)(H,50,58)/t35-,37+,38-,39-,40+,43+/m0/s1. The van der Waals surface area contributed by atoms with Crippen LogP contribution in [0.5, 0.6) is 11.5 Å². The number of ether oxygens (including phenoxy) is 10. The SMILES string of the molecule is CNC(=O)[C@H](Cc1ccc(OS(=O)(=O)Cc2ccc(O[C@@H]3O[C@H](COC(C)=O)[C@H](OC(C)=O)[C@H](OC(C)=O)[C@H]3OC(C)=O)c(C(=O)NCCOCCOCCOCCN=[N+]=[N-])c2)cc1)NC(=O)OC(C)(C)C. The number of hydrogen-bond donors (Lipinski definition) is 3. The number of amides is 3. The first-order chi connectivity index (χ1) is 34.0. The van der Waals surface area contributed by atoms with E-state index < -0.39 is 107 Å². The fraction of sp³-hybridized carbons (Fsp3) is 0.578. The molecule has 27 heteroatoms. The molecule has 2 aromatic carbocycles. The lowest BCUT2D eigenvalue weighted by atomic mass is 9.98. The number of rotatable bonds is 28. The van der Waals surface area contributed by atoms with Gasteiger partial charge in [-0.05, 0) is 61.7 Å². The summed E-state index contributed by atoms with van der Waals surface area (Å²) in [6.07, 6.45) is -8.72. The van der Waals surface area contributed by atoms with Crippen molar-refractivity contribution in [1.29, 1.82) is 0 Å². The Hall–Kier alpha value is -6.77. The Balaban J connectivity index is 1.89. The van der Waals surface area contributed by atoms with Crippen molar-refractivity contribution in [2.45, 2.75) is 103 Å². The van der Waals surface area contributed by atoms with E-state index in [2.05, 4.69) is 26.0 Å². The van der Waals surface area contributed by atoms with Gasteiger partial charge in [0.15, 0.2) is 12.2 Å². The van der Waals surface area contributed by atoms with E-state index in [4.69, 9.17) is 57.1 Å². The predicted molar refractivity (Wildman–Crippen MR) is 248 cm³/mol. The molecule has 3 rings (SSSR count). The monoisotopic (exact) mass is 1040 g/mol. The van der Waals surface area contributed by atoms with Crippen LogP contribution in [0.2, 0.25) is 0 Å². The molecule has 72 heavy (non-hydrogen) atoms. The molecular weight excluding hydrogens is 977 g/mol. The summed E-state index contributed by atoms with van der Waals surface area (Å²) in [7, 11) is -3.05. The van der Waals surface area contributed by atoms with Crippen LogP contribution < -0.4 is 24.9 Å². The summed E-state index contributed by atoms with van der Waals surface area (Å²) >= 11 is 0. The summed E-state index contributed by atoms with van der Waals surface area (Å²) in [5.74, 6) is -5.87. The van der Waals surface area contributed by atoms with Crippen LogP contribution in [0, 0.1) is 0 Å². The molecule has 0 saturated carbocycles. The van der Waals surface area contributed by atoms with Gasteiger partial charge in [-0.2, -0.15) is 8.42 Å². The number of carbonyl (C=O) groups excluding carboxylic acids is 7. The van der Waals surface area contributed by atoms with Gasteiger partial charge in [0, 0.05) is 59.2 Å². The van der Waals surface area contributed by atoms with Gasteiger partial charge in [-0.15, -0.1) is 0 Å².